The molecule has 2 rings (SSSR count). The van der Waals surface area contributed by atoms with E-state index in [-0.39, 0.29) is 5.78 Å². The molecule has 0 saturated heterocycles. The van der Waals surface area contributed by atoms with Gasteiger partial charge in [0.05, 0.1) is 5.02 Å². The van der Waals surface area contributed by atoms with Crippen LogP contribution >= 0.6 is 23.2 Å². The summed E-state index contributed by atoms with van der Waals surface area (Å²) in [4.78, 5) is 12.4. The maximum absolute atomic E-state index is 12.4. The summed E-state index contributed by atoms with van der Waals surface area (Å²) in [7, 11) is 0. The second-order valence-corrected chi connectivity index (χ2v) is 5.86. The summed E-state index contributed by atoms with van der Waals surface area (Å²) in [6, 6.07) is 10.7. The molecule has 110 valence electrons. The quantitative estimate of drug-likeness (QED) is 0.717. The van der Waals surface area contributed by atoms with Crippen LogP contribution in [-0.2, 0) is 0 Å². The van der Waals surface area contributed by atoms with Gasteiger partial charge in [-0.3, -0.25) is 4.79 Å². The predicted molar refractivity (Wildman–Crippen MR) is 86.8 cm³/mol. The first kappa shape index (κ1) is 15.9. The first-order valence-electron chi connectivity index (χ1n) is 6.61. The maximum atomic E-state index is 12.4. The van der Waals surface area contributed by atoms with Crippen molar-refractivity contribution in [1.82, 2.24) is 0 Å². The maximum Gasteiger partial charge on any atom is 0.204 e. The van der Waals surface area contributed by atoms with Crippen LogP contribution in [0.1, 0.15) is 28.4 Å². The molecule has 2 aromatic rings. The third kappa shape index (κ3) is 3.78. The third-order valence-electron chi connectivity index (χ3n) is 3.21. The minimum absolute atomic E-state index is 0.169. The highest BCUT2D eigenvalue weighted by Crippen LogP contribution is 2.25. The average Bonchev–Trinajstić information content (AvgIpc) is 2.42. The fourth-order valence-corrected chi connectivity index (χ4v) is 2.49. The van der Waals surface area contributed by atoms with Gasteiger partial charge in [-0.05, 0) is 56.2 Å². The number of ketones is 1. The number of carbonyl (C=O) groups excluding carboxylic acids is 1. The number of benzene rings is 2. The van der Waals surface area contributed by atoms with Gasteiger partial charge in [-0.2, -0.15) is 0 Å². The van der Waals surface area contributed by atoms with Gasteiger partial charge in [-0.25, -0.2) is 0 Å². The Morgan fingerprint density at radius 3 is 2.48 bits per heavy atom. The molecule has 1 unspecified atom stereocenters. The number of rotatable bonds is 4. The van der Waals surface area contributed by atoms with E-state index in [1.165, 1.54) is 0 Å². The summed E-state index contributed by atoms with van der Waals surface area (Å²) < 4.78 is 5.79. The summed E-state index contributed by atoms with van der Waals surface area (Å²) >= 11 is 11.9. The normalized spacial score (nSPS) is 12.0. The fourth-order valence-electron chi connectivity index (χ4n) is 1.99. The highest BCUT2D eigenvalue weighted by atomic mass is 35.5. The van der Waals surface area contributed by atoms with E-state index < -0.39 is 6.10 Å². The molecule has 0 aromatic heterocycles. The molecule has 1 atom stereocenters. The molecule has 0 spiro atoms. The van der Waals surface area contributed by atoms with Gasteiger partial charge in [0.2, 0.25) is 5.78 Å². The topological polar surface area (TPSA) is 26.3 Å². The molecule has 0 N–H and O–H groups in total. The highest BCUT2D eigenvalue weighted by molar-refractivity contribution is 6.37. The van der Waals surface area contributed by atoms with E-state index in [1.54, 1.807) is 25.1 Å². The first-order chi connectivity index (χ1) is 9.88. The summed E-state index contributed by atoms with van der Waals surface area (Å²) in [6.45, 7) is 5.64. The Bertz CT molecular complexity index is 680. The molecule has 0 heterocycles. The van der Waals surface area contributed by atoms with Crippen LogP contribution in [0.25, 0.3) is 0 Å². The Balaban J connectivity index is 2.21. The molecule has 0 radical (unpaired) electrons. The van der Waals surface area contributed by atoms with Crippen LogP contribution < -0.4 is 4.74 Å². The summed E-state index contributed by atoms with van der Waals surface area (Å²) in [5.74, 6) is 0.540. The minimum atomic E-state index is -0.621. The van der Waals surface area contributed by atoms with Gasteiger partial charge in [0.25, 0.3) is 0 Å². The van der Waals surface area contributed by atoms with E-state index in [0.29, 0.717) is 21.4 Å². The number of carbonyl (C=O) groups is 1. The van der Waals surface area contributed by atoms with Crippen molar-refractivity contribution in [2.45, 2.75) is 26.9 Å². The minimum Gasteiger partial charge on any atom is -0.482 e. The smallest absolute Gasteiger partial charge is 0.204 e. The molecule has 0 saturated carbocycles. The second kappa shape index (κ2) is 6.50. The zero-order valence-electron chi connectivity index (χ0n) is 12.1. The molecular weight excluding hydrogens is 307 g/mol. The molecule has 0 amide bonds. The molecule has 2 nitrogen and oxygen atoms in total. The number of hydrogen-bond acceptors (Lipinski definition) is 2. The molecule has 21 heavy (non-hydrogen) atoms. The van der Waals surface area contributed by atoms with Crippen molar-refractivity contribution in [3.8, 4) is 5.75 Å². The fraction of sp³-hybridized carbons (Fsp3) is 0.235. The number of aryl methyl sites for hydroxylation is 2. The lowest BCUT2D eigenvalue weighted by molar-refractivity contribution is 0.0817. The molecule has 2 aromatic carbocycles. The standard InChI is InChI=1S/C17H16Cl2O2/c1-10-4-5-11(2)16(8-10)21-12(3)17(20)14-7-6-13(18)9-15(14)19/h4-9,12H,1-3H3. The van der Waals surface area contributed by atoms with Gasteiger partial charge in [0, 0.05) is 10.6 Å². The molecular formula is C17H16Cl2O2. The molecule has 0 fully saturated rings. The second-order valence-electron chi connectivity index (χ2n) is 5.02. The van der Waals surface area contributed by atoms with Crippen LogP contribution in [0.5, 0.6) is 5.75 Å². The first-order valence-corrected chi connectivity index (χ1v) is 7.37. The molecule has 4 heteroatoms. The van der Waals surface area contributed by atoms with Crippen molar-refractivity contribution in [1.29, 1.82) is 0 Å². The van der Waals surface area contributed by atoms with Gasteiger partial charge in [0.15, 0.2) is 6.10 Å². The largest absolute Gasteiger partial charge is 0.482 e. The number of hydrogen-bond donors (Lipinski definition) is 0. The summed E-state index contributed by atoms with van der Waals surface area (Å²) in [6.07, 6.45) is -0.621. The van der Waals surface area contributed by atoms with Crippen LogP contribution in [0.15, 0.2) is 36.4 Å². The van der Waals surface area contributed by atoms with Gasteiger partial charge in [-0.15, -0.1) is 0 Å². The summed E-state index contributed by atoms with van der Waals surface area (Å²) in [5.41, 5.74) is 2.49. The highest BCUT2D eigenvalue weighted by Gasteiger charge is 2.20. The van der Waals surface area contributed by atoms with E-state index in [0.717, 1.165) is 11.1 Å². The molecule has 0 aliphatic heterocycles. The van der Waals surface area contributed by atoms with E-state index in [9.17, 15) is 4.79 Å². The Kier molecular flexibility index (Phi) is 4.92. The van der Waals surface area contributed by atoms with Crippen LogP contribution in [-0.4, -0.2) is 11.9 Å². The van der Waals surface area contributed by atoms with Crippen molar-refractivity contribution >= 4 is 29.0 Å². The van der Waals surface area contributed by atoms with E-state index in [4.69, 9.17) is 27.9 Å². The molecule has 0 bridgehead atoms. The zero-order valence-corrected chi connectivity index (χ0v) is 13.6. The lowest BCUT2D eigenvalue weighted by Crippen LogP contribution is -2.24. The lowest BCUT2D eigenvalue weighted by atomic mass is 10.1. The molecule has 0 aliphatic carbocycles. The van der Waals surface area contributed by atoms with Gasteiger partial charge < -0.3 is 4.74 Å². The Labute approximate surface area is 134 Å². The van der Waals surface area contributed by atoms with Crippen molar-refractivity contribution < 1.29 is 9.53 Å². The van der Waals surface area contributed by atoms with E-state index in [2.05, 4.69) is 0 Å². The van der Waals surface area contributed by atoms with Crippen molar-refractivity contribution in [3.63, 3.8) is 0 Å². The Morgan fingerprint density at radius 2 is 1.81 bits per heavy atom. The van der Waals surface area contributed by atoms with Crippen molar-refractivity contribution in [2.24, 2.45) is 0 Å². The predicted octanol–water partition coefficient (Wildman–Crippen LogP) is 5.26. The van der Waals surface area contributed by atoms with Crippen LogP contribution in [0.2, 0.25) is 10.0 Å². The lowest BCUT2D eigenvalue weighted by Gasteiger charge is -2.16. The van der Waals surface area contributed by atoms with Gasteiger partial charge >= 0.3 is 0 Å². The average molecular weight is 323 g/mol. The van der Waals surface area contributed by atoms with Gasteiger partial charge in [0.1, 0.15) is 5.75 Å². The number of ether oxygens (including phenoxy) is 1. The van der Waals surface area contributed by atoms with E-state index >= 15 is 0 Å². The number of Topliss-reactive ketones (excluding diaryl/α,β-unsaturated/α-hetero) is 1. The van der Waals surface area contributed by atoms with E-state index in [1.807, 2.05) is 32.0 Å². The SMILES string of the molecule is Cc1ccc(C)c(OC(C)C(=O)c2ccc(Cl)cc2Cl)c1. The van der Waals surface area contributed by atoms with Crippen LogP contribution in [0.3, 0.4) is 0 Å². The Morgan fingerprint density at radius 1 is 1.10 bits per heavy atom. The monoisotopic (exact) mass is 322 g/mol. The summed E-state index contributed by atoms with van der Waals surface area (Å²) in [5, 5.41) is 0.837. The number of halogens is 2. The Hall–Kier alpha value is -1.51. The van der Waals surface area contributed by atoms with Crippen LogP contribution in [0, 0.1) is 13.8 Å². The molecule has 0 aliphatic rings. The zero-order chi connectivity index (χ0) is 15.6. The van der Waals surface area contributed by atoms with Crippen LogP contribution in [0.4, 0.5) is 0 Å². The van der Waals surface area contributed by atoms with Gasteiger partial charge in [-0.1, -0.05) is 35.3 Å². The third-order valence-corrected chi connectivity index (χ3v) is 3.76. The van der Waals surface area contributed by atoms with Crippen molar-refractivity contribution in [3.05, 3.63) is 63.1 Å². The van der Waals surface area contributed by atoms with Crippen molar-refractivity contribution in [2.75, 3.05) is 0 Å².